The van der Waals surface area contributed by atoms with E-state index in [1.54, 1.807) is 0 Å². The minimum absolute atomic E-state index is 0.0203. The summed E-state index contributed by atoms with van der Waals surface area (Å²) < 4.78 is 74.6. The van der Waals surface area contributed by atoms with Gasteiger partial charge in [-0.1, -0.05) is 0 Å². The van der Waals surface area contributed by atoms with Gasteiger partial charge >= 0.3 is 12.4 Å². The fraction of sp³-hybridized carbons (Fsp3) is 0.417. The van der Waals surface area contributed by atoms with Crippen LogP contribution in [-0.2, 0) is 17.1 Å². The monoisotopic (exact) mass is 384 g/mol. The van der Waals surface area contributed by atoms with Crippen LogP contribution in [0.1, 0.15) is 22.6 Å². The molecule has 1 aliphatic carbocycles. The van der Waals surface area contributed by atoms with Gasteiger partial charge in [0.1, 0.15) is 4.33 Å². The maximum absolute atomic E-state index is 12.7. The van der Waals surface area contributed by atoms with Crippen molar-refractivity contribution in [2.45, 2.75) is 22.6 Å². The number of hydrogen-bond donors (Lipinski definition) is 0. The second-order valence-electron chi connectivity index (χ2n) is 4.77. The van der Waals surface area contributed by atoms with Crippen LogP contribution in [0.3, 0.4) is 0 Å². The third kappa shape index (κ3) is 3.16. The van der Waals surface area contributed by atoms with Gasteiger partial charge in [0.15, 0.2) is 0 Å². The van der Waals surface area contributed by atoms with Crippen molar-refractivity contribution >= 4 is 40.0 Å². The summed E-state index contributed by atoms with van der Waals surface area (Å²) in [5.74, 6) is -2.49. The van der Waals surface area contributed by atoms with E-state index in [0.29, 0.717) is 12.1 Å². The molecule has 10 heteroatoms. The van der Waals surface area contributed by atoms with E-state index in [0.717, 1.165) is 0 Å². The number of benzene rings is 1. The van der Waals surface area contributed by atoms with E-state index in [1.165, 1.54) is 0 Å². The van der Waals surface area contributed by atoms with Crippen molar-refractivity contribution in [2.75, 3.05) is 0 Å². The standard InChI is InChI=1S/C12H5Cl3F6O/c13-9(22)8-7(10(8,14)15)4-1-5(11(16,17)18)3-6(2-4)12(19,20)21/h1-3,7-8H/t7-,8+/m0/s1. The Morgan fingerprint density at radius 3 is 1.64 bits per heavy atom. The molecule has 0 heterocycles. The normalized spacial score (nSPS) is 24.2. The summed E-state index contributed by atoms with van der Waals surface area (Å²) in [5.41, 5.74) is -3.45. The van der Waals surface area contributed by atoms with Crippen LogP contribution in [0.2, 0.25) is 0 Å². The van der Waals surface area contributed by atoms with E-state index in [-0.39, 0.29) is 6.07 Å². The molecule has 0 unspecified atom stereocenters. The molecule has 0 bridgehead atoms. The summed E-state index contributed by atoms with van der Waals surface area (Å²) in [6.07, 6.45) is -9.99. The number of rotatable bonds is 2. The Balaban J connectivity index is 2.56. The summed E-state index contributed by atoms with van der Waals surface area (Å²) in [6, 6.07) is 0.950. The highest BCUT2D eigenvalue weighted by atomic mass is 35.5. The van der Waals surface area contributed by atoms with E-state index in [2.05, 4.69) is 0 Å². The Labute approximate surface area is 135 Å². The zero-order valence-corrected chi connectivity index (χ0v) is 12.5. The molecule has 0 aromatic heterocycles. The van der Waals surface area contributed by atoms with Gasteiger partial charge in [-0.05, 0) is 35.4 Å². The smallest absolute Gasteiger partial charge is 0.281 e. The van der Waals surface area contributed by atoms with Gasteiger partial charge in [0.25, 0.3) is 0 Å². The Kier molecular flexibility index (Phi) is 4.16. The Hall–Kier alpha value is -0.660. The van der Waals surface area contributed by atoms with Crippen LogP contribution in [0.25, 0.3) is 0 Å². The van der Waals surface area contributed by atoms with E-state index in [9.17, 15) is 31.1 Å². The van der Waals surface area contributed by atoms with Gasteiger partial charge in [0.2, 0.25) is 5.24 Å². The van der Waals surface area contributed by atoms with Gasteiger partial charge in [0, 0.05) is 5.92 Å². The van der Waals surface area contributed by atoms with Crippen molar-refractivity contribution in [1.82, 2.24) is 0 Å². The molecule has 122 valence electrons. The number of halogens is 9. The number of carbonyl (C=O) groups excluding carboxylic acids is 1. The summed E-state index contributed by atoms with van der Waals surface area (Å²) in [5, 5.41) is -1.03. The first kappa shape index (κ1) is 17.7. The average molecular weight is 386 g/mol. The summed E-state index contributed by atoms with van der Waals surface area (Å²) in [6.45, 7) is 0. The molecule has 1 aliphatic rings. The quantitative estimate of drug-likeness (QED) is 0.380. The molecule has 1 saturated carbocycles. The van der Waals surface area contributed by atoms with Gasteiger partial charge in [0.05, 0.1) is 17.0 Å². The lowest BCUT2D eigenvalue weighted by Gasteiger charge is -2.14. The number of carbonyl (C=O) groups is 1. The molecule has 1 nitrogen and oxygen atoms in total. The molecule has 0 aliphatic heterocycles. The topological polar surface area (TPSA) is 17.1 Å². The predicted molar refractivity (Wildman–Crippen MR) is 68.0 cm³/mol. The molecule has 0 N–H and O–H groups in total. The van der Waals surface area contributed by atoms with Gasteiger partial charge < -0.3 is 0 Å². The van der Waals surface area contributed by atoms with Crippen molar-refractivity contribution in [3.63, 3.8) is 0 Å². The second kappa shape index (κ2) is 5.18. The van der Waals surface area contributed by atoms with Crippen LogP contribution in [0.4, 0.5) is 26.3 Å². The van der Waals surface area contributed by atoms with E-state index < -0.39 is 50.5 Å². The molecule has 1 aromatic carbocycles. The van der Waals surface area contributed by atoms with Crippen LogP contribution >= 0.6 is 34.8 Å². The Morgan fingerprint density at radius 2 is 1.36 bits per heavy atom. The first-order chi connectivity index (χ1) is 9.76. The van der Waals surface area contributed by atoms with E-state index in [1.807, 2.05) is 0 Å². The zero-order chi connectivity index (χ0) is 17.1. The van der Waals surface area contributed by atoms with Crippen molar-refractivity contribution in [1.29, 1.82) is 0 Å². The molecule has 0 amide bonds. The maximum Gasteiger partial charge on any atom is 0.416 e. The Morgan fingerprint density at radius 1 is 0.955 bits per heavy atom. The molecule has 2 rings (SSSR count). The van der Waals surface area contributed by atoms with Crippen LogP contribution in [-0.4, -0.2) is 9.58 Å². The minimum atomic E-state index is -4.99. The molecule has 0 radical (unpaired) electrons. The third-order valence-electron chi connectivity index (χ3n) is 3.27. The fourth-order valence-electron chi connectivity index (χ4n) is 2.18. The Bertz CT molecular complexity index is 590. The molecule has 2 atom stereocenters. The maximum atomic E-state index is 12.7. The largest absolute Gasteiger partial charge is 0.416 e. The van der Waals surface area contributed by atoms with Crippen LogP contribution in [0.15, 0.2) is 18.2 Å². The van der Waals surface area contributed by atoms with Crippen molar-refractivity contribution < 1.29 is 31.1 Å². The molecular weight excluding hydrogens is 380 g/mol. The molecule has 1 fully saturated rings. The molecule has 0 saturated heterocycles. The molecule has 0 spiro atoms. The van der Waals surface area contributed by atoms with E-state index in [4.69, 9.17) is 34.8 Å². The second-order valence-corrected chi connectivity index (χ2v) is 6.59. The number of hydrogen-bond acceptors (Lipinski definition) is 1. The first-order valence-electron chi connectivity index (χ1n) is 5.63. The molecule has 22 heavy (non-hydrogen) atoms. The highest BCUT2D eigenvalue weighted by Crippen LogP contribution is 2.66. The van der Waals surface area contributed by atoms with Gasteiger partial charge in [-0.3, -0.25) is 4.79 Å². The third-order valence-corrected chi connectivity index (χ3v) is 4.44. The zero-order valence-electron chi connectivity index (χ0n) is 10.2. The first-order valence-corrected chi connectivity index (χ1v) is 6.76. The van der Waals surface area contributed by atoms with E-state index >= 15 is 0 Å². The molecular formula is C12H5Cl3F6O. The van der Waals surface area contributed by atoms with Gasteiger partial charge in [-0.25, -0.2) is 0 Å². The van der Waals surface area contributed by atoms with Crippen molar-refractivity contribution in [2.24, 2.45) is 5.92 Å². The highest BCUT2D eigenvalue weighted by Gasteiger charge is 2.67. The lowest BCUT2D eigenvalue weighted by atomic mass is 10.0. The van der Waals surface area contributed by atoms with Crippen LogP contribution in [0, 0.1) is 5.92 Å². The van der Waals surface area contributed by atoms with Gasteiger partial charge in [-0.2, -0.15) is 26.3 Å². The SMILES string of the molecule is O=C(Cl)[C@H]1[C@H](c2cc(C(F)(F)F)cc(C(F)(F)F)c2)C1(Cl)Cl. The molecule has 1 aromatic rings. The van der Waals surface area contributed by atoms with Crippen molar-refractivity contribution in [3.05, 3.63) is 34.9 Å². The van der Waals surface area contributed by atoms with Crippen LogP contribution < -0.4 is 0 Å². The average Bonchev–Trinajstić information content (AvgIpc) is 2.89. The lowest BCUT2D eigenvalue weighted by molar-refractivity contribution is -0.143. The number of alkyl halides is 8. The lowest BCUT2D eigenvalue weighted by Crippen LogP contribution is -2.12. The van der Waals surface area contributed by atoms with Gasteiger partial charge in [-0.15, -0.1) is 23.2 Å². The minimum Gasteiger partial charge on any atom is -0.281 e. The predicted octanol–water partition coefficient (Wildman–Crippen LogP) is 5.38. The van der Waals surface area contributed by atoms with Crippen molar-refractivity contribution in [3.8, 4) is 0 Å². The highest BCUT2D eigenvalue weighted by molar-refractivity contribution is 6.68. The summed E-state index contributed by atoms with van der Waals surface area (Å²) in [4.78, 5) is 11.1. The summed E-state index contributed by atoms with van der Waals surface area (Å²) in [7, 11) is 0. The fourth-order valence-corrected chi connectivity index (χ4v) is 3.42. The van der Waals surface area contributed by atoms with Crippen LogP contribution in [0.5, 0.6) is 0 Å². The summed E-state index contributed by atoms with van der Waals surface area (Å²) >= 11 is 16.7.